The molecule has 0 aromatic heterocycles. The number of aryl methyl sites for hydroxylation is 1. The normalized spacial score (nSPS) is 13.5. The number of methoxy groups -OCH3 is 3. The summed E-state index contributed by atoms with van der Waals surface area (Å²) in [5, 5.41) is 0. The lowest BCUT2D eigenvalue weighted by molar-refractivity contribution is 0.101. The molecule has 0 saturated heterocycles. The topological polar surface area (TPSA) is 63.2 Å². The Kier molecular flexibility index (Phi) is 6.35. The fourth-order valence-corrected chi connectivity index (χ4v) is 3.24. The first-order chi connectivity index (χ1) is 14.4. The van der Waals surface area contributed by atoms with E-state index in [1.165, 1.54) is 19.8 Å². The minimum absolute atomic E-state index is 0.185. The molecule has 0 N–H and O–H groups in total. The largest absolute Gasteiger partial charge is 0.493 e. The number of rotatable bonds is 7. The number of allylic oxidation sites excluding steroid dienone is 2. The minimum atomic E-state index is -0.185. The lowest BCUT2D eigenvalue weighted by Crippen LogP contribution is -2.01. The number of hydrogen-bond donors (Lipinski definition) is 0. The van der Waals surface area contributed by atoms with Gasteiger partial charge >= 0.3 is 0 Å². The van der Waals surface area contributed by atoms with E-state index in [-0.39, 0.29) is 11.5 Å². The predicted molar refractivity (Wildman–Crippen MR) is 115 cm³/mol. The summed E-state index contributed by atoms with van der Waals surface area (Å²) in [4.78, 5) is 13.0. The van der Waals surface area contributed by atoms with Crippen LogP contribution in [0.15, 0.2) is 41.7 Å². The van der Waals surface area contributed by atoms with Crippen LogP contribution >= 0.6 is 0 Å². The molecule has 0 bridgehead atoms. The fourth-order valence-electron chi connectivity index (χ4n) is 3.24. The van der Waals surface area contributed by atoms with E-state index in [0.29, 0.717) is 46.5 Å². The van der Waals surface area contributed by atoms with Crippen LogP contribution in [0.25, 0.3) is 6.08 Å². The monoisotopic (exact) mass is 410 g/mol. The number of carbonyl (C=O) groups is 1. The molecule has 2 aromatic rings. The highest BCUT2D eigenvalue weighted by atomic mass is 16.5. The van der Waals surface area contributed by atoms with Gasteiger partial charge in [0.05, 0.1) is 26.9 Å². The molecule has 2 aromatic carbocycles. The van der Waals surface area contributed by atoms with E-state index in [1.807, 2.05) is 32.9 Å². The van der Waals surface area contributed by atoms with Gasteiger partial charge in [0.25, 0.3) is 0 Å². The Morgan fingerprint density at radius 1 is 1.03 bits per heavy atom. The molecule has 0 aliphatic carbocycles. The second-order valence-electron chi connectivity index (χ2n) is 7.07. The highest BCUT2D eigenvalue weighted by Crippen LogP contribution is 2.42. The third-order valence-corrected chi connectivity index (χ3v) is 4.71. The van der Waals surface area contributed by atoms with Crippen LogP contribution in [0.3, 0.4) is 0 Å². The van der Waals surface area contributed by atoms with Crippen LogP contribution in [0.1, 0.15) is 35.3 Å². The van der Waals surface area contributed by atoms with Crippen LogP contribution in [0.4, 0.5) is 0 Å². The van der Waals surface area contributed by atoms with Crippen molar-refractivity contribution in [3.63, 3.8) is 0 Å². The first-order valence-electron chi connectivity index (χ1n) is 9.53. The van der Waals surface area contributed by atoms with Crippen molar-refractivity contribution in [1.82, 2.24) is 0 Å². The van der Waals surface area contributed by atoms with Crippen LogP contribution in [0, 0.1) is 6.92 Å². The van der Waals surface area contributed by atoms with E-state index in [1.54, 1.807) is 31.4 Å². The third-order valence-electron chi connectivity index (χ3n) is 4.71. The Labute approximate surface area is 176 Å². The van der Waals surface area contributed by atoms with Crippen LogP contribution in [0.5, 0.6) is 28.7 Å². The Bertz CT molecular complexity index is 1030. The molecule has 0 atom stereocenters. The fraction of sp³-hybridized carbons (Fsp3) is 0.292. The van der Waals surface area contributed by atoms with Crippen molar-refractivity contribution in [2.75, 3.05) is 27.9 Å². The highest BCUT2D eigenvalue weighted by molar-refractivity contribution is 6.15. The first kappa shape index (κ1) is 21.3. The number of ether oxygens (including phenoxy) is 5. The maximum absolute atomic E-state index is 13.0. The number of carbonyl (C=O) groups excluding carboxylic acids is 1. The molecule has 6 nitrogen and oxygen atoms in total. The van der Waals surface area contributed by atoms with Crippen LogP contribution < -0.4 is 23.7 Å². The van der Waals surface area contributed by atoms with Crippen molar-refractivity contribution < 1.29 is 28.5 Å². The van der Waals surface area contributed by atoms with Gasteiger partial charge in [-0.3, -0.25) is 4.79 Å². The Balaban J connectivity index is 1.95. The summed E-state index contributed by atoms with van der Waals surface area (Å²) in [6.07, 6.45) is 3.63. The average Bonchev–Trinajstić information content (AvgIpc) is 3.02. The van der Waals surface area contributed by atoms with E-state index < -0.39 is 0 Å². The van der Waals surface area contributed by atoms with Crippen molar-refractivity contribution in [2.45, 2.75) is 20.8 Å². The summed E-state index contributed by atoms with van der Waals surface area (Å²) >= 11 is 0. The maximum atomic E-state index is 13.0. The molecule has 1 aliphatic heterocycles. The zero-order valence-electron chi connectivity index (χ0n) is 18.1. The summed E-state index contributed by atoms with van der Waals surface area (Å²) in [7, 11) is 4.62. The Morgan fingerprint density at radius 2 is 1.77 bits per heavy atom. The first-order valence-corrected chi connectivity index (χ1v) is 9.53. The lowest BCUT2D eigenvalue weighted by atomic mass is 10.0. The van der Waals surface area contributed by atoms with Gasteiger partial charge in [0.1, 0.15) is 18.1 Å². The van der Waals surface area contributed by atoms with E-state index in [4.69, 9.17) is 23.7 Å². The average molecular weight is 410 g/mol. The van der Waals surface area contributed by atoms with E-state index >= 15 is 0 Å². The van der Waals surface area contributed by atoms with Gasteiger partial charge in [0.2, 0.25) is 11.5 Å². The zero-order valence-corrected chi connectivity index (χ0v) is 18.1. The predicted octanol–water partition coefficient (Wildman–Crippen LogP) is 4.98. The summed E-state index contributed by atoms with van der Waals surface area (Å²) in [6, 6.07) is 7.12. The zero-order chi connectivity index (χ0) is 21.8. The molecule has 0 radical (unpaired) electrons. The molecule has 0 unspecified atom stereocenters. The van der Waals surface area contributed by atoms with Gasteiger partial charge < -0.3 is 23.7 Å². The molecule has 158 valence electrons. The molecule has 30 heavy (non-hydrogen) atoms. The van der Waals surface area contributed by atoms with Gasteiger partial charge in [-0.1, -0.05) is 5.57 Å². The standard InChI is InChI=1S/C24H26O6/c1-14(2)9-10-29-17-11-15(3)21-19(13-17)30-20(22(21)25)12-16-7-8-18(26-4)24(28-6)23(16)27-5/h7-9,11-13H,10H2,1-6H3/b20-12-. The Morgan fingerprint density at radius 3 is 2.40 bits per heavy atom. The van der Waals surface area contributed by atoms with Crippen molar-refractivity contribution in [3.05, 3.63) is 58.4 Å². The summed E-state index contributed by atoms with van der Waals surface area (Å²) in [5.74, 6) is 2.60. The van der Waals surface area contributed by atoms with Gasteiger partial charge in [-0.05, 0) is 56.7 Å². The quantitative estimate of drug-likeness (QED) is 0.474. The van der Waals surface area contributed by atoms with Gasteiger partial charge in [-0.15, -0.1) is 0 Å². The van der Waals surface area contributed by atoms with Crippen molar-refractivity contribution >= 4 is 11.9 Å². The second-order valence-corrected chi connectivity index (χ2v) is 7.07. The molecule has 0 fully saturated rings. The molecular formula is C24H26O6. The lowest BCUT2D eigenvalue weighted by Gasteiger charge is -2.14. The molecular weight excluding hydrogens is 384 g/mol. The van der Waals surface area contributed by atoms with E-state index in [0.717, 1.165) is 5.56 Å². The molecule has 1 heterocycles. The van der Waals surface area contributed by atoms with Crippen molar-refractivity contribution in [1.29, 1.82) is 0 Å². The molecule has 6 heteroatoms. The summed E-state index contributed by atoms with van der Waals surface area (Å²) < 4.78 is 27.9. The third kappa shape index (κ3) is 4.13. The highest BCUT2D eigenvalue weighted by Gasteiger charge is 2.30. The van der Waals surface area contributed by atoms with E-state index in [2.05, 4.69) is 0 Å². The minimum Gasteiger partial charge on any atom is -0.493 e. The van der Waals surface area contributed by atoms with Crippen LogP contribution in [-0.2, 0) is 0 Å². The molecule has 1 aliphatic rings. The maximum Gasteiger partial charge on any atom is 0.232 e. The summed E-state index contributed by atoms with van der Waals surface area (Å²) in [6.45, 7) is 6.35. The number of fused-ring (bicyclic) bond motifs is 1. The smallest absolute Gasteiger partial charge is 0.232 e. The number of hydrogen-bond acceptors (Lipinski definition) is 6. The van der Waals surface area contributed by atoms with Gasteiger partial charge in [0.15, 0.2) is 17.3 Å². The Hall–Kier alpha value is -3.41. The van der Waals surface area contributed by atoms with Crippen LogP contribution in [0.2, 0.25) is 0 Å². The molecule has 3 rings (SSSR count). The molecule has 0 saturated carbocycles. The van der Waals surface area contributed by atoms with Crippen LogP contribution in [-0.4, -0.2) is 33.7 Å². The second kappa shape index (κ2) is 8.95. The van der Waals surface area contributed by atoms with Gasteiger partial charge in [-0.2, -0.15) is 0 Å². The van der Waals surface area contributed by atoms with E-state index in [9.17, 15) is 4.79 Å². The van der Waals surface area contributed by atoms with Gasteiger partial charge in [-0.25, -0.2) is 0 Å². The number of ketones is 1. The van der Waals surface area contributed by atoms with Crippen molar-refractivity contribution in [3.8, 4) is 28.7 Å². The number of Topliss-reactive ketones (excluding diaryl/α,β-unsaturated/α-hetero) is 1. The molecule has 0 amide bonds. The SMILES string of the molecule is COc1ccc(/C=C2\Oc3cc(OCC=C(C)C)cc(C)c3C2=O)c(OC)c1OC. The van der Waals surface area contributed by atoms with Gasteiger partial charge in [0, 0.05) is 11.6 Å². The molecule has 0 spiro atoms. The van der Waals surface area contributed by atoms with Crippen molar-refractivity contribution in [2.24, 2.45) is 0 Å². The number of benzene rings is 2. The summed E-state index contributed by atoms with van der Waals surface area (Å²) in [5.41, 5.74) is 3.15.